The van der Waals surface area contributed by atoms with Crippen molar-refractivity contribution < 1.29 is 4.79 Å². The highest BCUT2D eigenvalue weighted by atomic mass is 35.5. The largest absolute Gasteiger partial charge is 0.300 e. The van der Waals surface area contributed by atoms with Gasteiger partial charge in [-0.1, -0.05) is 22.9 Å². The van der Waals surface area contributed by atoms with Crippen LogP contribution in [0, 0.1) is 0 Å². The van der Waals surface area contributed by atoms with Crippen LogP contribution in [0.2, 0.25) is 5.02 Å². The van der Waals surface area contributed by atoms with E-state index in [0.717, 1.165) is 15.5 Å². The van der Waals surface area contributed by atoms with Gasteiger partial charge < -0.3 is 5.32 Å². The van der Waals surface area contributed by atoms with Crippen LogP contribution >= 0.6 is 46.0 Å². The lowest BCUT2D eigenvalue weighted by molar-refractivity contribution is -0.115. The Morgan fingerprint density at radius 1 is 1.22 bits per heavy atom. The average molecular weight is 382 g/mol. The molecule has 1 amide bonds. The van der Waals surface area contributed by atoms with Crippen molar-refractivity contribution in [1.82, 2.24) is 10.2 Å². The third-order valence-electron chi connectivity index (χ3n) is 2.85. The Bertz CT molecular complexity index is 772. The van der Waals surface area contributed by atoms with Gasteiger partial charge in [-0.05, 0) is 35.7 Å². The number of rotatable bonds is 6. The topological polar surface area (TPSA) is 54.9 Å². The van der Waals surface area contributed by atoms with Gasteiger partial charge in [0.25, 0.3) is 0 Å². The van der Waals surface area contributed by atoms with Gasteiger partial charge in [0, 0.05) is 33.0 Å². The molecule has 0 atom stereocenters. The molecule has 0 aliphatic heterocycles. The summed E-state index contributed by atoms with van der Waals surface area (Å²) in [6, 6.07) is 9.57. The number of carbonyl (C=O) groups is 1. The molecule has 23 heavy (non-hydrogen) atoms. The van der Waals surface area contributed by atoms with Gasteiger partial charge in [0.1, 0.15) is 5.01 Å². The maximum Gasteiger partial charge on any atom is 0.227 e. The molecule has 0 saturated heterocycles. The summed E-state index contributed by atoms with van der Waals surface area (Å²) < 4.78 is 0. The van der Waals surface area contributed by atoms with Gasteiger partial charge in [-0.15, -0.1) is 22.0 Å². The number of nitrogens with zero attached hydrogens (tertiary/aromatic N) is 2. The van der Waals surface area contributed by atoms with E-state index in [4.69, 9.17) is 11.6 Å². The summed E-state index contributed by atoms with van der Waals surface area (Å²) in [5.41, 5.74) is 1.03. The monoisotopic (exact) mass is 381 g/mol. The Labute approximate surface area is 150 Å². The van der Waals surface area contributed by atoms with Crippen LogP contribution in [0.15, 0.2) is 46.0 Å². The highest BCUT2D eigenvalue weighted by molar-refractivity contribution is 7.99. The number of aromatic nitrogens is 2. The summed E-state index contributed by atoms with van der Waals surface area (Å²) in [5, 5.41) is 17.0. The van der Waals surface area contributed by atoms with Gasteiger partial charge in [-0.3, -0.25) is 4.79 Å². The average Bonchev–Trinajstić information content (AvgIpc) is 3.20. The molecule has 1 N–H and O–H groups in total. The molecule has 1 aromatic carbocycles. The Morgan fingerprint density at radius 3 is 2.78 bits per heavy atom. The zero-order chi connectivity index (χ0) is 16.1. The number of thioether (sulfide) groups is 1. The summed E-state index contributed by atoms with van der Waals surface area (Å²) in [6.45, 7) is 0. The summed E-state index contributed by atoms with van der Waals surface area (Å²) >= 11 is 10.5. The van der Waals surface area contributed by atoms with E-state index < -0.39 is 0 Å². The number of carbonyl (C=O) groups excluding carboxylic acids is 1. The van der Waals surface area contributed by atoms with E-state index in [1.807, 2.05) is 41.1 Å². The summed E-state index contributed by atoms with van der Waals surface area (Å²) in [5.74, 6) is 0.642. The fraction of sp³-hybridized carbons (Fsp3) is 0.133. The van der Waals surface area contributed by atoms with Gasteiger partial charge in [-0.2, -0.15) is 11.3 Å². The van der Waals surface area contributed by atoms with Crippen LogP contribution < -0.4 is 5.32 Å². The molecule has 2 aromatic heterocycles. The first-order chi connectivity index (χ1) is 11.2. The summed E-state index contributed by atoms with van der Waals surface area (Å²) in [6.07, 6.45) is 0.417. The minimum absolute atomic E-state index is 0.0560. The minimum Gasteiger partial charge on any atom is -0.300 e. The molecule has 4 nitrogen and oxygen atoms in total. The van der Waals surface area contributed by atoms with Crippen molar-refractivity contribution in [3.05, 3.63) is 46.1 Å². The van der Waals surface area contributed by atoms with Crippen molar-refractivity contribution >= 4 is 57.1 Å². The number of benzene rings is 1. The third kappa shape index (κ3) is 4.78. The molecule has 2 heterocycles. The maximum atomic E-state index is 11.9. The van der Waals surface area contributed by atoms with Crippen LogP contribution in [0.5, 0.6) is 0 Å². The molecular formula is C15H12ClN3OS3. The molecule has 0 unspecified atom stereocenters. The standard InChI is InChI=1S/C15H12ClN3OS3/c16-11-1-3-12(4-2-11)22-8-6-13(20)17-15-19-18-14(23-15)10-5-7-21-9-10/h1-5,7,9H,6,8H2,(H,17,19,20). The van der Waals surface area contributed by atoms with Crippen LogP contribution in [0.1, 0.15) is 6.42 Å². The summed E-state index contributed by atoms with van der Waals surface area (Å²) in [7, 11) is 0. The molecule has 8 heteroatoms. The van der Waals surface area contributed by atoms with Crippen molar-refractivity contribution in [3.8, 4) is 10.6 Å². The molecule has 3 aromatic rings. The van der Waals surface area contributed by atoms with Gasteiger partial charge in [-0.25, -0.2) is 0 Å². The predicted octanol–water partition coefficient (Wildman–Crippen LogP) is 5.04. The van der Waals surface area contributed by atoms with Crippen molar-refractivity contribution in [3.63, 3.8) is 0 Å². The van der Waals surface area contributed by atoms with Gasteiger partial charge in [0.15, 0.2) is 0 Å². The second-order valence-corrected chi connectivity index (χ2v) is 7.89. The molecule has 0 aliphatic carbocycles. The van der Waals surface area contributed by atoms with E-state index >= 15 is 0 Å². The molecule has 0 aliphatic rings. The quantitative estimate of drug-likeness (QED) is 0.607. The SMILES string of the molecule is O=C(CCSc1ccc(Cl)cc1)Nc1nnc(-c2ccsc2)s1. The lowest BCUT2D eigenvalue weighted by atomic mass is 10.4. The summed E-state index contributed by atoms with van der Waals surface area (Å²) in [4.78, 5) is 13.0. The molecule has 0 bridgehead atoms. The molecule has 0 fully saturated rings. The van der Waals surface area contributed by atoms with E-state index in [2.05, 4.69) is 15.5 Å². The Morgan fingerprint density at radius 2 is 2.04 bits per heavy atom. The van der Waals surface area contributed by atoms with E-state index in [9.17, 15) is 4.79 Å². The molecule has 0 spiro atoms. The number of nitrogens with one attached hydrogen (secondary N) is 1. The smallest absolute Gasteiger partial charge is 0.227 e. The van der Waals surface area contributed by atoms with E-state index in [-0.39, 0.29) is 5.91 Å². The first kappa shape index (κ1) is 16.4. The Hall–Kier alpha value is -1.41. The molecule has 0 radical (unpaired) electrons. The first-order valence-corrected chi connectivity index (χ1v) is 9.87. The lowest BCUT2D eigenvalue weighted by Gasteiger charge is -2.02. The number of amides is 1. The van der Waals surface area contributed by atoms with Crippen molar-refractivity contribution in [2.75, 3.05) is 11.1 Å². The molecule has 3 rings (SSSR count). The zero-order valence-corrected chi connectivity index (χ0v) is 15.1. The van der Waals surface area contributed by atoms with E-state index in [1.165, 1.54) is 11.3 Å². The fourth-order valence-corrected chi connectivity index (χ4v) is 4.20. The fourth-order valence-electron chi connectivity index (χ4n) is 1.75. The van der Waals surface area contributed by atoms with Gasteiger partial charge in [0.05, 0.1) is 0 Å². The van der Waals surface area contributed by atoms with Crippen molar-refractivity contribution in [2.24, 2.45) is 0 Å². The highest BCUT2D eigenvalue weighted by Crippen LogP contribution is 2.28. The number of halogens is 1. The second kappa shape index (κ2) is 7.92. The van der Waals surface area contributed by atoms with Crippen LogP contribution in [0.25, 0.3) is 10.6 Å². The van der Waals surface area contributed by atoms with Crippen LogP contribution in [-0.4, -0.2) is 21.9 Å². The number of thiophene rings is 1. The molecule has 0 saturated carbocycles. The first-order valence-electron chi connectivity index (χ1n) is 6.75. The van der Waals surface area contributed by atoms with Crippen LogP contribution in [-0.2, 0) is 4.79 Å². The Balaban J connectivity index is 1.47. The zero-order valence-electron chi connectivity index (χ0n) is 11.9. The predicted molar refractivity (Wildman–Crippen MR) is 98.6 cm³/mol. The van der Waals surface area contributed by atoms with Crippen LogP contribution in [0.3, 0.4) is 0 Å². The molecular weight excluding hydrogens is 370 g/mol. The Kier molecular flexibility index (Phi) is 5.66. The van der Waals surface area contributed by atoms with Crippen molar-refractivity contribution in [2.45, 2.75) is 11.3 Å². The van der Waals surface area contributed by atoms with Crippen molar-refractivity contribution in [1.29, 1.82) is 0 Å². The van der Waals surface area contributed by atoms with Gasteiger partial charge in [0.2, 0.25) is 11.0 Å². The lowest BCUT2D eigenvalue weighted by Crippen LogP contribution is -2.11. The normalized spacial score (nSPS) is 10.7. The minimum atomic E-state index is -0.0560. The highest BCUT2D eigenvalue weighted by Gasteiger charge is 2.10. The van der Waals surface area contributed by atoms with E-state index in [0.29, 0.717) is 22.3 Å². The third-order valence-corrected chi connectivity index (χ3v) is 5.69. The van der Waals surface area contributed by atoms with Gasteiger partial charge >= 0.3 is 0 Å². The second-order valence-electron chi connectivity index (χ2n) is 4.52. The number of hydrogen-bond donors (Lipinski definition) is 1. The number of hydrogen-bond acceptors (Lipinski definition) is 6. The maximum absolute atomic E-state index is 11.9. The van der Waals surface area contributed by atoms with E-state index in [1.54, 1.807) is 23.1 Å². The van der Waals surface area contributed by atoms with Crippen LogP contribution in [0.4, 0.5) is 5.13 Å². The molecule has 118 valence electrons. The number of anilines is 1.